The number of nitrogens with zero attached hydrogens (tertiary/aromatic N) is 2. The van der Waals surface area contributed by atoms with Gasteiger partial charge in [0.05, 0.1) is 5.02 Å². The molecule has 0 unspecified atom stereocenters. The second-order valence-electron chi connectivity index (χ2n) is 5.15. The van der Waals surface area contributed by atoms with Gasteiger partial charge in [-0.05, 0) is 38.7 Å². The number of carbonyl (C=O) groups excluding carboxylic acids is 1. The van der Waals surface area contributed by atoms with Gasteiger partial charge in [-0.1, -0.05) is 23.7 Å². The summed E-state index contributed by atoms with van der Waals surface area (Å²) in [6.45, 7) is 5.19. The highest BCUT2D eigenvalue weighted by Crippen LogP contribution is 2.17. The fraction of sp³-hybridized carbons (Fsp3) is 0.533. The third kappa shape index (κ3) is 4.30. The van der Waals surface area contributed by atoms with E-state index < -0.39 is 0 Å². The van der Waals surface area contributed by atoms with E-state index in [9.17, 15) is 4.79 Å². The Morgan fingerprint density at radius 1 is 1.21 bits per heavy atom. The molecule has 0 aromatic heterocycles. The molecule has 0 aliphatic carbocycles. The van der Waals surface area contributed by atoms with Gasteiger partial charge in [0.25, 0.3) is 0 Å². The van der Waals surface area contributed by atoms with Crippen molar-refractivity contribution in [3.05, 3.63) is 34.9 Å². The summed E-state index contributed by atoms with van der Waals surface area (Å²) in [5.41, 5.74) is 0.649. The summed E-state index contributed by atoms with van der Waals surface area (Å²) in [5, 5.41) is 0.558. The molecule has 0 radical (unpaired) electrons. The van der Waals surface area contributed by atoms with Crippen molar-refractivity contribution in [2.75, 3.05) is 39.8 Å². The van der Waals surface area contributed by atoms with Crippen LogP contribution in [0.15, 0.2) is 24.3 Å². The largest absolute Gasteiger partial charge is 0.305 e. The maximum Gasteiger partial charge on any atom is 0.165 e. The van der Waals surface area contributed by atoms with E-state index >= 15 is 0 Å². The summed E-state index contributed by atoms with van der Waals surface area (Å²) in [5.74, 6) is 0.142. The third-order valence-electron chi connectivity index (χ3n) is 3.64. The molecule has 19 heavy (non-hydrogen) atoms. The van der Waals surface area contributed by atoms with Crippen molar-refractivity contribution < 1.29 is 4.79 Å². The van der Waals surface area contributed by atoms with Gasteiger partial charge in [-0.15, -0.1) is 0 Å². The minimum absolute atomic E-state index is 0.142. The molecule has 0 saturated carbocycles. The van der Waals surface area contributed by atoms with E-state index in [0.717, 1.165) is 32.7 Å². The minimum atomic E-state index is 0.142. The average Bonchev–Trinajstić information content (AvgIpc) is 2.61. The van der Waals surface area contributed by atoms with Crippen LogP contribution in [0, 0.1) is 0 Å². The molecule has 0 spiro atoms. The Hall–Kier alpha value is -0.900. The highest BCUT2D eigenvalue weighted by atomic mass is 35.5. The lowest BCUT2D eigenvalue weighted by Gasteiger charge is -2.19. The number of ketones is 1. The van der Waals surface area contributed by atoms with Crippen molar-refractivity contribution in [2.24, 2.45) is 0 Å². The first-order valence-electron chi connectivity index (χ1n) is 6.85. The molecule has 1 aromatic carbocycles. The van der Waals surface area contributed by atoms with Crippen molar-refractivity contribution in [3.8, 4) is 0 Å². The van der Waals surface area contributed by atoms with Crippen molar-refractivity contribution in [1.29, 1.82) is 0 Å². The molecule has 1 saturated heterocycles. The molecule has 1 fully saturated rings. The van der Waals surface area contributed by atoms with E-state index in [4.69, 9.17) is 11.6 Å². The Morgan fingerprint density at radius 2 is 2.00 bits per heavy atom. The molecule has 3 nitrogen and oxygen atoms in total. The van der Waals surface area contributed by atoms with E-state index in [-0.39, 0.29) is 5.78 Å². The first-order valence-corrected chi connectivity index (χ1v) is 7.23. The lowest BCUT2D eigenvalue weighted by atomic mass is 10.1. The quantitative estimate of drug-likeness (QED) is 0.792. The van der Waals surface area contributed by atoms with Gasteiger partial charge in [0, 0.05) is 31.6 Å². The van der Waals surface area contributed by atoms with E-state index in [2.05, 4.69) is 16.8 Å². The Morgan fingerprint density at radius 3 is 2.79 bits per heavy atom. The average molecular weight is 281 g/mol. The number of rotatable bonds is 4. The summed E-state index contributed by atoms with van der Waals surface area (Å²) in [4.78, 5) is 16.9. The van der Waals surface area contributed by atoms with Crippen molar-refractivity contribution in [1.82, 2.24) is 9.80 Å². The summed E-state index contributed by atoms with van der Waals surface area (Å²) in [6.07, 6.45) is 1.73. The van der Waals surface area contributed by atoms with Crippen LogP contribution >= 0.6 is 11.6 Å². The fourth-order valence-electron chi connectivity index (χ4n) is 2.41. The summed E-state index contributed by atoms with van der Waals surface area (Å²) >= 11 is 6.04. The number of likely N-dealkylation sites (N-methyl/N-ethyl adjacent to an activating group) is 1. The molecule has 1 aromatic rings. The normalized spacial score (nSPS) is 18.2. The van der Waals surface area contributed by atoms with Gasteiger partial charge in [0.2, 0.25) is 0 Å². The molecule has 0 bridgehead atoms. The molecule has 104 valence electrons. The van der Waals surface area contributed by atoms with Crippen LogP contribution in [0.3, 0.4) is 0 Å². The Balaban J connectivity index is 1.85. The van der Waals surface area contributed by atoms with Gasteiger partial charge in [0.15, 0.2) is 5.78 Å². The number of Topliss-reactive ketones (excluding diaryl/α,β-unsaturated/α-hetero) is 1. The van der Waals surface area contributed by atoms with Crippen molar-refractivity contribution >= 4 is 17.4 Å². The van der Waals surface area contributed by atoms with Crippen LogP contribution in [-0.2, 0) is 0 Å². The maximum absolute atomic E-state index is 12.1. The number of carbonyl (C=O) groups is 1. The highest BCUT2D eigenvalue weighted by Gasteiger charge is 2.15. The molecule has 1 aliphatic rings. The lowest BCUT2D eigenvalue weighted by molar-refractivity contribution is 0.0965. The molecule has 1 heterocycles. The highest BCUT2D eigenvalue weighted by molar-refractivity contribution is 6.33. The fourth-order valence-corrected chi connectivity index (χ4v) is 2.65. The van der Waals surface area contributed by atoms with Crippen LogP contribution in [0.1, 0.15) is 23.2 Å². The van der Waals surface area contributed by atoms with Gasteiger partial charge < -0.3 is 9.80 Å². The van der Waals surface area contributed by atoms with Crippen molar-refractivity contribution in [3.63, 3.8) is 0 Å². The molecule has 2 rings (SSSR count). The predicted octanol–water partition coefficient (Wildman–Crippen LogP) is 2.55. The second-order valence-corrected chi connectivity index (χ2v) is 5.56. The third-order valence-corrected chi connectivity index (χ3v) is 3.97. The molecule has 4 heteroatoms. The van der Waals surface area contributed by atoms with Gasteiger partial charge in [-0.25, -0.2) is 0 Å². The zero-order valence-electron chi connectivity index (χ0n) is 11.4. The van der Waals surface area contributed by atoms with Gasteiger partial charge >= 0.3 is 0 Å². The Bertz CT molecular complexity index is 436. The molecular formula is C15H21ClN2O. The van der Waals surface area contributed by atoms with E-state index in [0.29, 0.717) is 17.0 Å². The smallest absolute Gasteiger partial charge is 0.165 e. The Labute approximate surface area is 120 Å². The number of hydrogen-bond donors (Lipinski definition) is 0. The maximum atomic E-state index is 12.1. The van der Waals surface area contributed by atoms with E-state index in [1.54, 1.807) is 12.1 Å². The summed E-state index contributed by atoms with van der Waals surface area (Å²) < 4.78 is 0. The van der Waals surface area contributed by atoms with Gasteiger partial charge in [0.1, 0.15) is 0 Å². The van der Waals surface area contributed by atoms with Gasteiger partial charge in [-0.2, -0.15) is 0 Å². The first kappa shape index (κ1) is 14.5. The predicted molar refractivity (Wildman–Crippen MR) is 79.0 cm³/mol. The standard InChI is InChI=1S/C15H21ClN2O/c1-17-8-4-9-18(12-11-17)10-7-15(19)13-5-2-3-6-14(13)16/h2-3,5-6H,4,7-12H2,1H3. The van der Waals surface area contributed by atoms with Crippen LogP contribution < -0.4 is 0 Å². The summed E-state index contributed by atoms with van der Waals surface area (Å²) in [7, 11) is 2.15. The van der Waals surface area contributed by atoms with Crippen LogP contribution in [0.25, 0.3) is 0 Å². The van der Waals surface area contributed by atoms with Crippen LogP contribution in [0.5, 0.6) is 0 Å². The molecular weight excluding hydrogens is 260 g/mol. The topological polar surface area (TPSA) is 23.6 Å². The zero-order valence-corrected chi connectivity index (χ0v) is 12.2. The molecule has 0 atom stereocenters. The SMILES string of the molecule is CN1CCCN(CCC(=O)c2ccccc2Cl)CC1. The Kier molecular flexibility index (Phi) is 5.37. The first-order chi connectivity index (χ1) is 9.16. The molecule has 0 N–H and O–H groups in total. The van der Waals surface area contributed by atoms with E-state index in [1.807, 2.05) is 12.1 Å². The van der Waals surface area contributed by atoms with E-state index in [1.165, 1.54) is 6.42 Å². The minimum Gasteiger partial charge on any atom is -0.305 e. The lowest BCUT2D eigenvalue weighted by Crippen LogP contribution is -2.30. The summed E-state index contributed by atoms with van der Waals surface area (Å²) in [6, 6.07) is 7.29. The number of hydrogen-bond acceptors (Lipinski definition) is 3. The van der Waals surface area contributed by atoms with Gasteiger partial charge in [-0.3, -0.25) is 4.79 Å². The van der Waals surface area contributed by atoms with Crippen LogP contribution in [-0.4, -0.2) is 55.4 Å². The second kappa shape index (κ2) is 7.04. The molecule has 0 amide bonds. The zero-order chi connectivity index (χ0) is 13.7. The molecule has 1 aliphatic heterocycles. The van der Waals surface area contributed by atoms with Crippen LogP contribution in [0.4, 0.5) is 0 Å². The van der Waals surface area contributed by atoms with Crippen molar-refractivity contribution in [2.45, 2.75) is 12.8 Å². The monoisotopic (exact) mass is 280 g/mol. The van der Waals surface area contributed by atoms with Crippen LogP contribution in [0.2, 0.25) is 5.02 Å². The number of benzene rings is 1. The number of halogens is 1.